The molecule has 3 fully saturated rings. The fourth-order valence-corrected chi connectivity index (χ4v) is 7.06. The molecule has 0 aliphatic heterocycles. The van der Waals surface area contributed by atoms with Gasteiger partial charge in [-0.25, -0.2) is 4.18 Å². The lowest BCUT2D eigenvalue weighted by Gasteiger charge is -2.56. The van der Waals surface area contributed by atoms with E-state index in [1.807, 2.05) is 6.08 Å². The van der Waals surface area contributed by atoms with Crippen molar-refractivity contribution in [2.75, 3.05) is 0 Å². The number of hydrogen-bond acceptors (Lipinski definition) is 4. The molecule has 0 amide bonds. The minimum atomic E-state index is -4.42. The SMILES string of the molecule is C[C@@]12CC[C@@H]3[C@H](CCC4=CC(=O)C=C[C@]43C)[C@H]1CC[C@H]2OS(=O)(=O)O. The first-order valence-corrected chi connectivity index (χ1v) is 10.6. The minimum absolute atomic E-state index is 0.0554. The number of rotatable bonds is 2. The minimum Gasteiger partial charge on any atom is -0.290 e. The van der Waals surface area contributed by atoms with Crippen LogP contribution in [0, 0.1) is 28.6 Å². The van der Waals surface area contributed by atoms with Gasteiger partial charge < -0.3 is 0 Å². The second-order valence-corrected chi connectivity index (χ2v) is 9.79. The summed E-state index contributed by atoms with van der Waals surface area (Å²) >= 11 is 0. The summed E-state index contributed by atoms with van der Waals surface area (Å²) in [5.41, 5.74) is 0.997. The Morgan fingerprint density at radius 3 is 2.64 bits per heavy atom. The molecule has 1 N–H and O–H groups in total. The summed E-state index contributed by atoms with van der Waals surface area (Å²) in [6, 6.07) is 0. The van der Waals surface area contributed by atoms with E-state index in [1.54, 1.807) is 6.08 Å². The van der Waals surface area contributed by atoms with Gasteiger partial charge in [0, 0.05) is 5.41 Å². The molecule has 4 aliphatic rings. The lowest BCUT2D eigenvalue weighted by molar-refractivity contribution is -0.111. The van der Waals surface area contributed by atoms with E-state index in [1.165, 1.54) is 5.57 Å². The largest absolute Gasteiger partial charge is 0.397 e. The van der Waals surface area contributed by atoms with Crippen LogP contribution in [0.25, 0.3) is 0 Å². The maximum absolute atomic E-state index is 11.8. The van der Waals surface area contributed by atoms with E-state index < -0.39 is 16.5 Å². The van der Waals surface area contributed by atoms with E-state index in [9.17, 15) is 13.2 Å². The van der Waals surface area contributed by atoms with Crippen LogP contribution in [0.2, 0.25) is 0 Å². The highest BCUT2D eigenvalue weighted by molar-refractivity contribution is 7.80. The van der Waals surface area contributed by atoms with E-state index in [4.69, 9.17) is 8.74 Å². The lowest BCUT2D eigenvalue weighted by Crippen LogP contribution is -2.50. The Kier molecular flexibility index (Phi) is 3.84. The summed E-state index contributed by atoms with van der Waals surface area (Å²) in [6.45, 7) is 4.38. The quantitative estimate of drug-likeness (QED) is 0.757. The van der Waals surface area contributed by atoms with E-state index >= 15 is 0 Å². The summed E-state index contributed by atoms with van der Waals surface area (Å²) in [5.74, 6) is 1.49. The van der Waals surface area contributed by atoms with Crippen molar-refractivity contribution in [3.63, 3.8) is 0 Å². The van der Waals surface area contributed by atoms with E-state index in [0.717, 1.165) is 32.1 Å². The van der Waals surface area contributed by atoms with Gasteiger partial charge in [-0.05, 0) is 73.8 Å². The molecule has 4 rings (SSSR count). The lowest BCUT2D eigenvalue weighted by atomic mass is 9.48. The van der Waals surface area contributed by atoms with Gasteiger partial charge in [0.1, 0.15) is 0 Å². The van der Waals surface area contributed by atoms with E-state index in [2.05, 4.69) is 19.9 Å². The van der Waals surface area contributed by atoms with Crippen LogP contribution in [0.4, 0.5) is 0 Å². The average molecular weight is 366 g/mol. The Hall–Kier alpha value is -0.980. The smallest absolute Gasteiger partial charge is 0.290 e. The molecule has 0 aromatic carbocycles. The van der Waals surface area contributed by atoms with Crippen LogP contribution in [0.5, 0.6) is 0 Å². The molecule has 0 heterocycles. The third-order valence-corrected chi connectivity index (χ3v) is 8.18. The van der Waals surface area contributed by atoms with Crippen molar-refractivity contribution in [3.05, 3.63) is 23.8 Å². The molecule has 6 heteroatoms. The topological polar surface area (TPSA) is 80.7 Å². The summed E-state index contributed by atoms with van der Waals surface area (Å²) in [6.07, 6.45) is 10.7. The van der Waals surface area contributed by atoms with Crippen molar-refractivity contribution in [2.24, 2.45) is 28.6 Å². The molecule has 6 atom stereocenters. The Morgan fingerprint density at radius 1 is 1.16 bits per heavy atom. The van der Waals surface area contributed by atoms with E-state index in [0.29, 0.717) is 24.2 Å². The Morgan fingerprint density at radius 2 is 1.92 bits per heavy atom. The molecule has 0 aromatic heterocycles. The molecule has 0 spiro atoms. The Bertz CT molecular complexity index is 767. The van der Waals surface area contributed by atoms with Crippen molar-refractivity contribution < 1.29 is 21.9 Å². The van der Waals surface area contributed by atoms with Crippen LogP contribution in [0.3, 0.4) is 0 Å². The highest BCUT2D eigenvalue weighted by Gasteiger charge is 2.59. The first kappa shape index (κ1) is 17.4. The summed E-state index contributed by atoms with van der Waals surface area (Å²) in [5, 5.41) is 0. The molecule has 3 saturated carbocycles. The predicted molar refractivity (Wildman–Crippen MR) is 93.0 cm³/mol. The standard InChI is InChI=1S/C19H26O5S/c1-18-9-7-13(20)11-12(18)3-4-14-15-5-6-17(24-25(21,22)23)19(15,2)10-8-16(14)18/h7,9,11,14-17H,3-6,8,10H2,1-2H3,(H,21,22,23)/t14-,15-,16-,17-,18-,19-/m1/s1. The molecule has 0 aromatic rings. The van der Waals surface area contributed by atoms with Crippen LogP contribution in [-0.4, -0.2) is 24.9 Å². The van der Waals surface area contributed by atoms with Crippen LogP contribution >= 0.6 is 0 Å². The predicted octanol–water partition coefficient (Wildman–Crippen LogP) is 3.48. The Labute approximate surface area is 149 Å². The van der Waals surface area contributed by atoms with Gasteiger partial charge in [-0.15, -0.1) is 0 Å². The number of allylic oxidation sites excluding steroid dienone is 4. The first-order valence-electron chi connectivity index (χ1n) is 9.23. The molecular weight excluding hydrogens is 340 g/mol. The van der Waals surface area contributed by atoms with Crippen LogP contribution < -0.4 is 0 Å². The van der Waals surface area contributed by atoms with Crippen molar-refractivity contribution in [1.29, 1.82) is 0 Å². The highest BCUT2D eigenvalue weighted by atomic mass is 32.3. The molecule has 0 radical (unpaired) electrons. The van der Waals surface area contributed by atoms with Crippen molar-refractivity contribution in [3.8, 4) is 0 Å². The number of carbonyl (C=O) groups excluding carboxylic acids is 1. The normalized spacial score (nSPS) is 46.2. The van der Waals surface area contributed by atoms with Crippen LogP contribution in [-0.2, 0) is 19.4 Å². The van der Waals surface area contributed by atoms with Crippen LogP contribution in [0.15, 0.2) is 23.8 Å². The first-order chi connectivity index (χ1) is 11.6. The maximum atomic E-state index is 11.8. The van der Waals surface area contributed by atoms with Gasteiger partial charge in [0.15, 0.2) is 5.78 Å². The molecule has 0 unspecified atom stereocenters. The zero-order valence-corrected chi connectivity index (χ0v) is 15.6. The molecule has 5 nitrogen and oxygen atoms in total. The van der Waals surface area contributed by atoms with Gasteiger partial charge in [0.05, 0.1) is 6.10 Å². The fraction of sp³-hybridized carbons (Fsp3) is 0.737. The highest BCUT2D eigenvalue weighted by Crippen LogP contribution is 2.64. The average Bonchev–Trinajstić information content (AvgIpc) is 2.83. The van der Waals surface area contributed by atoms with Gasteiger partial charge in [-0.3, -0.25) is 9.35 Å². The number of carbonyl (C=O) groups is 1. The molecule has 0 saturated heterocycles. The second-order valence-electron chi connectivity index (χ2n) is 8.74. The fourth-order valence-electron chi connectivity index (χ4n) is 6.45. The molecule has 4 aliphatic carbocycles. The number of fused-ring (bicyclic) bond motifs is 5. The van der Waals surface area contributed by atoms with Gasteiger partial charge in [-0.1, -0.05) is 25.5 Å². The molecular formula is C19H26O5S. The van der Waals surface area contributed by atoms with Gasteiger partial charge in [0.25, 0.3) is 0 Å². The summed E-state index contributed by atoms with van der Waals surface area (Å²) in [4.78, 5) is 11.8. The zero-order valence-electron chi connectivity index (χ0n) is 14.8. The second kappa shape index (κ2) is 5.51. The monoisotopic (exact) mass is 366 g/mol. The molecule has 138 valence electrons. The van der Waals surface area contributed by atoms with Gasteiger partial charge >= 0.3 is 10.4 Å². The third-order valence-electron chi connectivity index (χ3n) is 7.71. The van der Waals surface area contributed by atoms with E-state index in [-0.39, 0.29) is 16.6 Å². The molecule has 25 heavy (non-hydrogen) atoms. The summed E-state index contributed by atoms with van der Waals surface area (Å²) in [7, 11) is -4.42. The van der Waals surface area contributed by atoms with Crippen molar-refractivity contribution in [2.45, 2.75) is 58.5 Å². The van der Waals surface area contributed by atoms with Gasteiger partial charge in [-0.2, -0.15) is 8.42 Å². The van der Waals surface area contributed by atoms with Crippen molar-refractivity contribution >= 4 is 16.2 Å². The number of hydrogen-bond donors (Lipinski definition) is 1. The van der Waals surface area contributed by atoms with Gasteiger partial charge in [0.2, 0.25) is 0 Å². The molecule has 0 bridgehead atoms. The Balaban J connectivity index is 1.63. The maximum Gasteiger partial charge on any atom is 0.397 e. The van der Waals surface area contributed by atoms with Crippen molar-refractivity contribution in [1.82, 2.24) is 0 Å². The summed E-state index contributed by atoms with van der Waals surface area (Å²) < 4.78 is 36.7. The zero-order chi connectivity index (χ0) is 18.0. The third kappa shape index (κ3) is 2.64. The van der Waals surface area contributed by atoms with Crippen LogP contribution in [0.1, 0.15) is 52.4 Å². The number of ketones is 1.